The minimum Gasteiger partial charge on any atom is -0.489 e. The van der Waals surface area contributed by atoms with Gasteiger partial charge in [0.05, 0.1) is 16.6 Å². The average Bonchev–Trinajstić information content (AvgIpc) is 3.46. The summed E-state index contributed by atoms with van der Waals surface area (Å²) in [6.07, 6.45) is 0. The number of hydrogen-bond acceptors (Lipinski definition) is 8. The lowest BCUT2D eigenvalue weighted by Crippen LogP contribution is -2.04. The Labute approximate surface area is 204 Å². The van der Waals surface area contributed by atoms with Crippen LogP contribution in [-0.4, -0.2) is 25.6 Å². The summed E-state index contributed by atoms with van der Waals surface area (Å²) < 4.78 is 17.8. The van der Waals surface area contributed by atoms with Crippen LogP contribution in [0.3, 0.4) is 0 Å². The second kappa shape index (κ2) is 9.30. The number of H-pyrrole nitrogens is 1. The number of tetrazole rings is 1. The number of ether oxygens (including phenoxy) is 2. The third kappa shape index (κ3) is 4.37. The van der Waals surface area contributed by atoms with Crippen LogP contribution in [0.5, 0.6) is 11.5 Å². The summed E-state index contributed by atoms with van der Waals surface area (Å²) in [5.74, 6) is 1.89. The van der Waals surface area contributed by atoms with Crippen LogP contribution in [0, 0.1) is 0 Å². The van der Waals surface area contributed by atoms with Crippen molar-refractivity contribution in [3.8, 4) is 23.1 Å². The Bertz CT molecular complexity index is 1710. The van der Waals surface area contributed by atoms with Crippen LogP contribution in [0.2, 0.25) is 0 Å². The van der Waals surface area contributed by atoms with Gasteiger partial charge in [-0.2, -0.15) is 0 Å². The molecule has 36 heavy (non-hydrogen) atoms. The van der Waals surface area contributed by atoms with Gasteiger partial charge in [0.2, 0.25) is 5.82 Å². The number of aromatic amines is 1. The summed E-state index contributed by atoms with van der Waals surface area (Å²) in [5.41, 5.74) is 2.76. The molecule has 0 atom stereocenters. The number of fused-ring (bicyclic) bond motifs is 2. The molecule has 0 aliphatic rings. The molecule has 0 spiro atoms. The first-order chi connectivity index (χ1) is 17.7. The lowest BCUT2D eigenvalue weighted by molar-refractivity contribution is 0.295. The maximum atomic E-state index is 12.6. The van der Waals surface area contributed by atoms with E-state index in [2.05, 4.69) is 25.6 Å². The molecule has 0 saturated carbocycles. The second-order valence-electron chi connectivity index (χ2n) is 8.06. The van der Waals surface area contributed by atoms with E-state index in [4.69, 9.17) is 13.9 Å². The van der Waals surface area contributed by atoms with Gasteiger partial charge in [0.25, 0.3) is 0 Å². The lowest BCUT2D eigenvalue weighted by Gasteiger charge is -2.10. The van der Waals surface area contributed by atoms with E-state index in [1.807, 2.05) is 66.7 Å². The molecule has 6 aromatic rings. The molecule has 9 nitrogen and oxygen atoms in total. The van der Waals surface area contributed by atoms with E-state index in [1.54, 1.807) is 12.1 Å². The molecule has 0 fully saturated rings. The molecular formula is C27H19N5O4. The first kappa shape index (κ1) is 21.5. The fraction of sp³-hybridized carbons (Fsp3) is 0.0741. The number of para-hydroxylation sites is 2. The second-order valence-corrected chi connectivity index (χ2v) is 8.06. The SMILES string of the molecule is O=c1cc(-c2nnn[nH]2)oc2c(COc3ccc(OCc4ccc5ccccc5n4)cc3)cccc12. The van der Waals surface area contributed by atoms with Gasteiger partial charge in [0.15, 0.2) is 11.2 Å². The van der Waals surface area contributed by atoms with Crippen LogP contribution >= 0.6 is 0 Å². The summed E-state index contributed by atoms with van der Waals surface area (Å²) >= 11 is 0. The molecular weight excluding hydrogens is 458 g/mol. The van der Waals surface area contributed by atoms with E-state index in [-0.39, 0.29) is 23.6 Å². The number of aromatic nitrogens is 5. The first-order valence-corrected chi connectivity index (χ1v) is 11.2. The molecule has 0 bridgehead atoms. The van der Waals surface area contributed by atoms with E-state index >= 15 is 0 Å². The number of benzene rings is 3. The van der Waals surface area contributed by atoms with Gasteiger partial charge >= 0.3 is 0 Å². The van der Waals surface area contributed by atoms with Gasteiger partial charge in [0, 0.05) is 17.0 Å². The molecule has 3 aromatic heterocycles. The molecule has 0 unspecified atom stereocenters. The number of hydrogen-bond donors (Lipinski definition) is 1. The zero-order chi connectivity index (χ0) is 24.3. The Morgan fingerprint density at radius 1 is 0.833 bits per heavy atom. The number of rotatable bonds is 7. The van der Waals surface area contributed by atoms with Crippen molar-refractivity contribution in [2.75, 3.05) is 0 Å². The summed E-state index contributed by atoms with van der Waals surface area (Å²) in [5, 5.41) is 15.0. The third-order valence-corrected chi connectivity index (χ3v) is 5.68. The maximum Gasteiger partial charge on any atom is 0.215 e. The average molecular weight is 477 g/mol. The zero-order valence-electron chi connectivity index (χ0n) is 18.9. The maximum absolute atomic E-state index is 12.6. The molecule has 0 amide bonds. The Morgan fingerprint density at radius 3 is 2.44 bits per heavy atom. The highest BCUT2D eigenvalue weighted by molar-refractivity contribution is 5.81. The molecule has 0 radical (unpaired) electrons. The Balaban J connectivity index is 1.14. The Kier molecular flexibility index (Phi) is 5.55. The van der Waals surface area contributed by atoms with Crippen molar-refractivity contribution in [1.29, 1.82) is 0 Å². The van der Waals surface area contributed by atoms with Gasteiger partial charge in [-0.05, 0) is 52.9 Å². The molecule has 6 rings (SSSR count). The van der Waals surface area contributed by atoms with Gasteiger partial charge in [-0.25, -0.2) is 10.1 Å². The van der Waals surface area contributed by atoms with E-state index in [0.29, 0.717) is 29.1 Å². The predicted molar refractivity (Wildman–Crippen MR) is 133 cm³/mol. The summed E-state index contributed by atoms with van der Waals surface area (Å²) in [6.45, 7) is 0.572. The van der Waals surface area contributed by atoms with E-state index in [9.17, 15) is 4.79 Å². The van der Waals surface area contributed by atoms with E-state index in [1.165, 1.54) is 6.07 Å². The standard InChI is InChI=1S/C27H19N5O4/c33-24-14-25(27-29-31-32-30-27)36-26-18(5-3-6-22(24)26)15-34-20-10-12-21(13-11-20)35-16-19-9-8-17-4-1-2-7-23(17)28-19/h1-14H,15-16H2,(H,29,30,31,32). The zero-order valence-corrected chi connectivity index (χ0v) is 18.9. The first-order valence-electron chi connectivity index (χ1n) is 11.2. The highest BCUT2D eigenvalue weighted by Crippen LogP contribution is 2.24. The van der Waals surface area contributed by atoms with Crippen molar-refractivity contribution in [2.45, 2.75) is 13.2 Å². The Hall–Kier alpha value is -5.05. The van der Waals surface area contributed by atoms with Crippen LogP contribution in [0.15, 0.2) is 94.1 Å². The van der Waals surface area contributed by atoms with Crippen molar-refractivity contribution in [2.24, 2.45) is 0 Å². The number of nitrogens with one attached hydrogen (secondary N) is 1. The predicted octanol–water partition coefficient (Wildman–Crippen LogP) is 4.68. The minimum absolute atomic E-state index is 0.188. The van der Waals surface area contributed by atoms with Gasteiger partial charge < -0.3 is 13.9 Å². The molecule has 0 saturated heterocycles. The minimum atomic E-state index is -0.188. The molecule has 0 aliphatic carbocycles. The number of nitrogens with zero attached hydrogens (tertiary/aromatic N) is 4. The topological polar surface area (TPSA) is 116 Å². The molecule has 3 aromatic carbocycles. The molecule has 1 N–H and O–H groups in total. The van der Waals surface area contributed by atoms with Crippen LogP contribution in [0.1, 0.15) is 11.3 Å². The van der Waals surface area contributed by atoms with Gasteiger partial charge in [0.1, 0.15) is 30.3 Å². The van der Waals surface area contributed by atoms with Gasteiger partial charge in [-0.3, -0.25) is 4.79 Å². The third-order valence-electron chi connectivity index (χ3n) is 5.68. The summed E-state index contributed by atoms with van der Waals surface area (Å²) in [6, 6.07) is 26.0. The molecule has 9 heteroatoms. The van der Waals surface area contributed by atoms with Crippen molar-refractivity contribution in [3.63, 3.8) is 0 Å². The van der Waals surface area contributed by atoms with Gasteiger partial charge in [-0.15, -0.1) is 5.10 Å². The van der Waals surface area contributed by atoms with Gasteiger partial charge in [-0.1, -0.05) is 36.4 Å². The molecule has 3 heterocycles. The van der Waals surface area contributed by atoms with Crippen molar-refractivity contribution in [3.05, 3.63) is 106 Å². The highest BCUT2D eigenvalue weighted by Gasteiger charge is 2.13. The highest BCUT2D eigenvalue weighted by atomic mass is 16.5. The Morgan fingerprint density at radius 2 is 1.64 bits per heavy atom. The quantitative estimate of drug-likeness (QED) is 0.352. The van der Waals surface area contributed by atoms with Crippen LogP contribution in [-0.2, 0) is 13.2 Å². The fourth-order valence-electron chi connectivity index (χ4n) is 3.87. The molecule has 0 aliphatic heterocycles. The number of pyridine rings is 1. The fourth-order valence-corrected chi connectivity index (χ4v) is 3.87. The summed E-state index contributed by atoms with van der Waals surface area (Å²) in [7, 11) is 0. The van der Waals surface area contributed by atoms with Crippen LogP contribution in [0.25, 0.3) is 33.5 Å². The van der Waals surface area contributed by atoms with Crippen molar-refractivity contribution >= 4 is 21.9 Å². The largest absolute Gasteiger partial charge is 0.489 e. The smallest absolute Gasteiger partial charge is 0.215 e. The summed E-state index contributed by atoms with van der Waals surface area (Å²) in [4.78, 5) is 17.2. The normalized spacial score (nSPS) is 11.1. The van der Waals surface area contributed by atoms with E-state index < -0.39 is 0 Å². The molecule has 176 valence electrons. The van der Waals surface area contributed by atoms with Crippen molar-refractivity contribution < 1.29 is 13.9 Å². The monoisotopic (exact) mass is 477 g/mol. The lowest BCUT2D eigenvalue weighted by atomic mass is 10.1. The van der Waals surface area contributed by atoms with Crippen LogP contribution < -0.4 is 14.9 Å². The van der Waals surface area contributed by atoms with Crippen molar-refractivity contribution in [1.82, 2.24) is 25.6 Å². The van der Waals surface area contributed by atoms with Crippen LogP contribution in [0.4, 0.5) is 0 Å². The van der Waals surface area contributed by atoms with E-state index in [0.717, 1.165) is 22.2 Å².